The molecule has 16 heteroatoms. The number of hydrogen-bond donors (Lipinski definition) is 1. The van der Waals surface area contributed by atoms with Gasteiger partial charge in [-0.25, -0.2) is 28.2 Å². The van der Waals surface area contributed by atoms with Crippen molar-refractivity contribution in [3.8, 4) is 0 Å². The van der Waals surface area contributed by atoms with Crippen LogP contribution in [0, 0.1) is 15.5 Å². The summed E-state index contributed by atoms with van der Waals surface area (Å²) in [5, 5.41) is 14.8. The Labute approximate surface area is 267 Å². The van der Waals surface area contributed by atoms with Crippen LogP contribution in [0.25, 0.3) is 11.2 Å². The first-order valence-corrected chi connectivity index (χ1v) is 17.1. The highest BCUT2D eigenvalue weighted by molar-refractivity contribution is 7.89. The van der Waals surface area contributed by atoms with Crippen molar-refractivity contribution in [3.63, 3.8) is 0 Å². The third kappa shape index (κ3) is 6.78. The van der Waals surface area contributed by atoms with E-state index in [9.17, 15) is 23.3 Å². The molecule has 3 aliphatic rings. The summed E-state index contributed by atoms with van der Waals surface area (Å²) >= 11 is 0. The molecule has 1 aliphatic carbocycles. The second-order valence-electron chi connectivity index (χ2n) is 13.3. The minimum absolute atomic E-state index is 0.159. The minimum Gasteiger partial charge on any atom is -0.444 e. The average Bonchev–Trinajstić information content (AvgIpc) is 3.65. The van der Waals surface area contributed by atoms with Crippen molar-refractivity contribution in [1.82, 2.24) is 29.1 Å². The number of benzene rings is 1. The summed E-state index contributed by atoms with van der Waals surface area (Å²) in [6.07, 6.45) is 4.05. The summed E-state index contributed by atoms with van der Waals surface area (Å²) in [4.78, 5) is 40.6. The molecule has 248 valence electrons. The first kappa shape index (κ1) is 32.1. The molecule has 1 spiro atoms. The Morgan fingerprint density at radius 1 is 1.11 bits per heavy atom. The average molecular weight is 657 g/mol. The fourth-order valence-electron chi connectivity index (χ4n) is 6.09. The number of aromatic nitrogens is 4. The maximum absolute atomic E-state index is 14.1. The van der Waals surface area contributed by atoms with Crippen LogP contribution in [-0.4, -0.2) is 88.3 Å². The van der Waals surface area contributed by atoms with Crippen LogP contribution in [0.4, 0.5) is 16.3 Å². The highest BCUT2D eigenvalue weighted by Gasteiger charge is 2.47. The normalized spacial score (nSPS) is 20.9. The topological polar surface area (TPSA) is 175 Å². The van der Waals surface area contributed by atoms with Gasteiger partial charge >= 0.3 is 6.09 Å². The van der Waals surface area contributed by atoms with Gasteiger partial charge in [0.1, 0.15) is 5.60 Å². The van der Waals surface area contributed by atoms with Gasteiger partial charge in [0.15, 0.2) is 27.7 Å². The van der Waals surface area contributed by atoms with E-state index >= 15 is 0 Å². The standard InChI is InChI=1S/C30H40N8O7S/c1-29(2,3)45-28(39)32-21-8-6-7-13-37(46(42,43)23-10-5-4-9-22(23)38(40)41)19-30(11-12-30)18-36-20-31-24-26(33-25(21)34-27(24)36)35-14-16-44-17-15-35/h4-5,9-10,20-21H,6-8,11-19H2,1-3H3,(H,32,39)/t21-/m0/s1. The number of anilines is 1. The van der Waals surface area contributed by atoms with Gasteiger partial charge in [0, 0.05) is 44.2 Å². The van der Waals surface area contributed by atoms with E-state index in [0.29, 0.717) is 74.9 Å². The number of morpholine rings is 1. The number of alkyl carbamates (subject to hydrolysis) is 1. The predicted octanol–water partition coefficient (Wildman–Crippen LogP) is 3.79. The fourth-order valence-corrected chi connectivity index (χ4v) is 7.84. The van der Waals surface area contributed by atoms with Gasteiger partial charge in [-0.15, -0.1) is 0 Å². The van der Waals surface area contributed by atoms with Gasteiger partial charge in [-0.05, 0) is 58.9 Å². The number of nitrogens with one attached hydrogen (secondary N) is 1. The van der Waals surface area contributed by atoms with Gasteiger partial charge in [0.05, 0.1) is 30.5 Å². The highest BCUT2D eigenvalue weighted by atomic mass is 32.2. The van der Waals surface area contributed by atoms with Crippen LogP contribution in [0.2, 0.25) is 0 Å². The maximum Gasteiger partial charge on any atom is 0.408 e. The number of nitro groups is 1. The molecule has 4 heterocycles. The van der Waals surface area contributed by atoms with Crippen molar-refractivity contribution in [1.29, 1.82) is 0 Å². The van der Waals surface area contributed by atoms with Gasteiger partial charge in [-0.1, -0.05) is 12.1 Å². The number of carbonyl (C=O) groups excluding carboxylic acids is 1. The Hall–Kier alpha value is -3.89. The molecule has 1 amide bonds. The van der Waals surface area contributed by atoms with E-state index in [2.05, 4.69) is 10.2 Å². The van der Waals surface area contributed by atoms with E-state index in [1.165, 1.54) is 28.6 Å². The van der Waals surface area contributed by atoms with E-state index in [4.69, 9.17) is 24.4 Å². The van der Waals surface area contributed by atoms with E-state index in [-0.39, 0.29) is 18.0 Å². The van der Waals surface area contributed by atoms with E-state index in [1.54, 1.807) is 27.1 Å². The number of nitro benzene ring substituents is 1. The van der Waals surface area contributed by atoms with Gasteiger partial charge in [0.25, 0.3) is 5.69 Å². The quantitative estimate of drug-likeness (QED) is 0.312. The van der Waals surface area contributed by atoms with Crippen LogP contribution in [0.3, 0.4) is 0 Å². The van der Waals surface area contributed by atoms with Crippen LogP contribution < -0.4 is 10.2 Å². The lowest BCUT2D eigenvalue weighted by atomic mass is 10.1. The van der Waals surface area contributed by atoms with E-state index < -0.39 is 43.8 Å². The number of amides is 1. The fraction of sp³-hybridized carbons (Fsp3) is 0.600. The van der Waals surface area contributed by atoms with Gasteiger partial charge in [-0.2, -0.15) is 4.31 Å². The zero-order valence-corrected chi connectivity index (χ0v) is 27.2. The molecule has 1 aromatic carbocycles. The second-order valence-corrected chi connectivity index (χ2v) is 15.2. The molecule has 6 rings (SSSR count). The maximum atomic E-state index is 14.1. The first-order chi connectivity index (χ1) is 21.9. The number of carbonyl (C=O) groups is 1. The van der Waals surface area contributed by atoms with Crippen molar-refractivity contribution in [2.45, 2.75) is 76.0 Å². The van der Waals surface area contributed by atoms with E-state index in [1.807, 2.05) is 4.57 Å². The summed E-state index contributed by atoms with van der Waals surface area (Å²) in [6, 6.07) is 4.84. The summed E-state index contributed by atoms with van der Waals surface area (Å²) in [5.41, 5.74) is -0.340. The molecule has 3 aromatic rings. The van der Waals surface area contributed by atoms with E-state index in [0.717, 1.165) is 12.8 Å². The third-order valence-electron chi connectivity index (χ3n) is 8.58. The van der Waals surface area contributed by atoms with Crippen LogP contribution in [0.15, 0.2) is 35.5 Å². The van der Waals surface area contributed by atoms with Crippen LogP contribution in [-0.2, 0) is 26.0 Å². The zero-order valence-electron chi connectivity index (χ0n) is 26.3. The zero-order chi connectivity index (χ0) is 32.7. The summed E-state index contributed by atoms with van der Waals surface area (Å²) in [6.45, 7) is 8.53. The Bertz CT molecular complexity index is 1730. The molecule has 15 nitrogen and oxygen atoms in total. The number of ether oxygens (including phenoxy) is 2. The Morgan fingerprint density at radius 2 is 1.85 bits per heavy atom. The summed E-state index contributed by atoms with van der Waals surface area (Å²) in [5.74, 6) is 1.09. The highest BCUT2D eigenvalue weighted by Crippen LogP contribution is 2.49. The third-order valence-corrected chi connectivity index (χ3v) is 10.5. The van der Waals surface area contributed by atoms with Crippen LogP contribution >= 0.6 is 0 Å². The molecule has 2 bridgehead atoms. The number of sulfonamides is 1. The molecule has 1 saturated carbocycles. The lowest BCUT2D eigenvalue weighted by molar-refractivity contribution is -0.387. The van der Waals surface area contributed by atoms with Crippen molar-refractivity contribution >= 4 is 38.8 Å². The number of nitrogens with zero attached hydrogens (tertiary/aromatic N) is 7. The van der Waals surface area contributed by atoms with Crippen LogP contribution in [0.5, 0.6) is 0 Å². The van der Waals surface area contributed by atoms with Crippen LogP contribution in [0.1, 0.15) is 64.7 Å². The summed E-state index contributed by atoms with van der Waals surface area (Å²) < 4.78 is 42.6. The molecule has 2 aliphatic heterocycles. The molecule has 2 aromatic heterocycles. The molecule has 1 atom stereocenters. The lowest BCUT2D eigenvalue weighted by Gasteiger charge is -2.29. The van der Waals surface area contributed by atoms with Gasteiger partial charge in [-0.3, -0.25) is 10.1 Å². The minimum atomic E-state index is -4.21. The molecule has 2 fully saturated rings. The molecule has 1 N–H and O–H groups in total. The smallest absolute Gasteiger partial charge is 0.408 e. The molecule has 46 heavy (non-hydrogen) atoms. The number of para-hydroxylation sites is 1. The molecule has 1 saturated heterocycles. The SMILES string of the molecule is CC(C)(C)OC(=O)N[C@H]1CCCCN(S(=O)(=O)c2ccccc2[N+](=O)[O-])CC2(CC2)Cn2cnc3c(N4CCOCC4)nc1nc32. The monoisotopic (exact) mass is 656 g/mol. The van der Waals surface area contributed by atoms with Crippen molar-refractivity contribution in [2.24, 2.45) is 5.41 Å². The number of imidazole rings is 1. The second kappa shape index (κ2) is 12.4. The molecule has 0 radical (unpaired) electrons. The lowest BCUT2D eigenvalue weighted by Crippen LogP contribution is -2.38. The predicted molar refractivity (Wildman–Crippen MR) is 168 cm³/mol. The van der Waals surface area contributed by atoms with Gasteiger partial charge < -0.3 is 24.3 Å². The first-order valence-electron chi connectivity index (χ1n) is 15.6. The van der Waals surface area contributed by atoms with Crippen molar-refractivity contribution in [2.75, 3.05) is 44.3 Å². The molecular weight excluding hydrogens is 616 g/mol. The number of rotatable bonds is 5. The largest absolute Gasteiger partial charge is 0.444 e. The Balaban J connectivity index is 1.41. The van der Waals surface area contributed by atoms with Gasteiger partial charge in [0.2, 0.25) is 10.0 Å². The summed E-state index contributed by atoms with van der Waals surface area (Å²) in [7, 11) is -4.21. The van der Waals surface area contributed by atoms with Crippen molar-refractivity contribution in [3.05, 3.63) is 46.5 Å². The van der Waals surface area contributed by atoms with Crippen molar-refractivity contribution < 1.29 is 27.6 Å². The number of fused-ring (bicyclic) bond motifs is 1. The molecular formula is C30H40N8O7S. The number of hydrogen-bond acceptors (Lipinski definition) is 11. The Kier molecular flexibility index (Phi) is 8.63. The molecule has 0 unspecified atom stereocenters. The Morgan fingerprint density at radius 3 is 2.54 bits per heavy atom.